The summed E-state index contributed by atoms with van der Waals surface area (Å²) in [7, 11) is 0. The van der Waals surface area contributed by atoms with E-state index in [1.807, 2.05) is 13.8 Å². The largest absolute Gasteiger partial charge is 0.303 e. The summed E-state index contributed by atoms with van der Waals surface area (Å²) in [5.74, 6) is 0.846. The number of hydrogen-bond donors (Lipinski definition) is 0. The van der Waals surface area contributed by atoms with E-state index in [9.17, 15) is 0 Å². The van der Waals surface area contributed by atoms with Crippen molar-refractivity contribution in [2.45, 2.75) is 46.0 Å². The van der Waals surface area contributed by atoms with Gasteiger partial charge in [0.1, 0.15) is 0 Å². The van der Waals surface area contributed by atoms with Crippen molar-refractivity contribution in [3.8, 4) is 6.07 Å². The molecule has 1 aromatic carbocycles. The predicted molar refractivity (Wildman–Crippen MR) is 87.9 cm³/mol. The standard InChI is InChI=1S/C19H28N2/c1-19(2,16-20)11-6-12-21-13-9-18(10-14-21)15-17-7-4-3-5-8-17/h3-5,7-8,18H,6,9-15H2,1-2H3. The number of nitriles is 1. The maximum Gasteiger partial charge on any atom is 0.0683 e. The molecule has 0 radical (unpaired) electrons. The molecule has 0 aromatic heterocycles. The number of piperidine rings is 1. The van der Waals surface area contributed by atoms with Crippen molar-refractivity contribution in [3.05, 3.63) is 35.9 Å². The van der Waals surface area contributed by atoms with E-state index < -0.39 is 0 Å². The van der Waals surface area contributed by atoms with Crippen LogP contribution in [0.5, 0.6) is 0 Å². The highest BCUT2D eigenvalue weighted by Crippen LogP contribution is 2.24. The lowest BCUT2D eigenvalue weighted by Gasteiger charge is -2.32. The molecule has 0 atom stereocenters. The molecule has 0 N–H and O–H groups in total. The first-order chi connectivity index (χ1) is 10.1. The number of likely N-dealkylation sites (tertiary alicyclic amines) is 1. The van der Waals surface area contributed by atoms with Gasteiger partial charge in [0.25, 0.3) is 0 Å². The molecule has 0 amide bonds. The monoisotopic (exact) mass is 284 g/mol. The second-order valence-corrected chi connectivity index (χ2v) is 7.07. The Morgan fingerprint density at radius 3 is 2.48 bits per heavy atom. The second kappa shape index (κ2) is 7.61. The van der Waals surface area contributed by atoms with Gasteiger partial charge in [-0.25, -0.2) is 0 Å². The van der Waals surface area contributed by atoms with Crippen LogP contribution in [0.15, 0.2) is 30.3 Å². The van der Waals surface area contributed by atoms with Crippen molar-refractivity contribution in [3.63, 3.8) is 0 Å². The Labute approximate surface area is 129 Å². The molecule has 0 saturated carbocycles. The lowest BCUT2D eigenvalue weighted by atomic mass is 9.88. The molecule has 0 aliphatic carbocycles. The van der Waals surface area contributed by atoms with Gasteiger partial charge in [-0.2, -0.15) is 5.26 Å². The average molecular weight is 284 g/mol. The maximum absolute atomic E-state index is 9.04. The van der Waals surface area contributed by atoms with Gasteiger partial charge in [0, 0.05) is 0 Å². The van der Waals surface area contributed by atoms with Crippen LogP contribution in [0.1, 0.15) is 45.1 Å². The molecule has 2 heteroatoms. The van der Waals surface area contributed by atoms with Gasteiger partial charge >= 0.3 is 0 Å². The van der Waals surface area contributed by atoms with Crippen molar-refractivity contribution < 1.29 is 0 Å². The smallest absolute Gasteiger partial charge is 0.0683 e. The summed E-state index contributed by atoms with van der Waals surface area (Å²) < 4.78 is 0. The minimum atomic E-state index is -0.161. The van der Waals surface area contributed by atoms with Crippen LogP contribution in [0.2, 0.25) is 0 Å². The van der Waals surface area contributed by atoms with Gasteiger partial charge < -0.3 is 4.90 Å². The third kappa shape index (κ3) is 5.52. The third-order valence-corrected chi connectivity index (χ3v) is 4.65. The zero-order chi connectivity index (χ0) is 15.1. The predicted octanol–water partition coefficient (Wildman–Crippen LogP) is 4.27. The molecule has 0 bridgehead atoms. The fourth-order valence-corrected chi connectivity index (χ4v) is 3.16. The van der Waals surface area contributed by atoms with E-state index >= 15 is 0 Å². The van der Waals surface area contributed by atoms with Gasteiger partial charge in [-0.15, -0.1) is 0 Å². The molecule has 0 unspecified atom stereocenters. The Balaban J connectivity index is 1.66. The Bertz CT molecular complexity index is 450. The van der Waals surface area contributed by atoms with Gasteiger partial charge in [0.15, 0.2) is 0 Å². The van der Waals surface area contributed by atoms with E-state index in [0.29, 0.717) is 0 Å². The summed E-state index contributed by atoms with van der Waals surface area (Å²) in [5, 5.41) is 9.04. The van der Waals surface area contributed by atoms with Gasteiger partial charge in [-0.1, -0.05) is 30.3 Å². The van der Waals surface area contributed by atoms with Crippen LogP contribution in [-0.2, 0) is 6.42 Å². The third-order valence-electron chi connectivity index (χ3n) is 4.65. The zero-order valence-corrected chi connectivity index (χ0v) is 13.5. The van der Waals surface area contributed by atoms with Gasteiger partial charge in [-0.3, -0.25) is 0 Å². The van der Waals surface area contributed by atoms with E-state index in [1.165, 1.54) is 37.9 Å². The molecule has 1 saturated heterocycles. The van der Waals surface area contributed by atoms with E-state index in [2.05, 4.69) is 41.3 Å². The van der Waals surface area contributed by atoms with Crippen LogP contribution >= 0.6 is 0 Å². The highest BCUT2D eigenvalue weighted by molar-refractivity contribution is 5.15. The molecule has 0 spiro atoms. The molecule has 2 rings (SSSR count). The van der Waals surface area contributed by atoms with Crippen molar-refractivity contribution in [2.24, 2.45) is 11.3 Å². The van der Waals surface area contributed by atoms with E-state index in [-0.39, 0.29) is 5.41 Å². The molecule has 1 heterocycles. The minimum absolute atomic E-state index is 0.161. The van der Waals surface area contributed by atoms with Gasteiger partial charge in [0.05, 0.1) is 11.5 Å². The highest BCUT2D eigenvalue weighted by atomic mass is 15.1. The minimum Gasteiger partial charge on any atom is -0.303 e. The van der Waals surface area contributed by atoms with Crippen molar-refractivity contribution in [1.29, 1.82) is 5.26 Å². The topological polar surface area (TPSA) is 27.0 Å². The fourth-order valence-electron chi connectivity index (χ4n) is 3.16. The Morgan fingerprint density at radius 1 is 1.19 bits per heavy atom. The van der Waals surface area contributed by atoms with Crippen molar-refractivity contribution in [2.75, 3.05) is 19.6 Å². The molecular weight excluding hydrogens is 256 g/mol. The quantitative estimate of drug-likeness (QED) is 0.780. The summed E-state index contributed by atoms with van der Waals surface area (Å²) in [6.07, 6.45) is 6.01. The molecular formula is C19H28N2. The van der Waals surface area contributed by atoms with Crippen LogP contribution in [0.3, 0.4) is 0 Å². The SMILES string of the molecule is CC(C)(C#N)CCCN1CCC(Cc2ccccc2)CC1. The highest BCUT2D eigenvalue weighted by Gasteiger charge is 2.21. The fraction of sp³-hybridized carbons (Fsp3) is 0.632. The summed E-state index contributed by atoms with van der Waals surface area (Å²) in [6, 6.07) is 13.3. The molecule has 2 nitrogen and oxygen atoms in total. The van der Waals surface area contributed by atoms with E-state index in [4.69, 9.17) is 5.26 Å². The van der Waals surface area contributed by atoms with Gasteiger partial charge in [-0.05, 0) is 77.1 Å². The maximum atomic E-state index is 9.04. The number of nitrogens with zero attached hydrogens (tertiary/aromatic N) is 2. The Hall–Kier alpha value is -1.33. The lowest BCUT2D eigenvalue weighted by molar-refractivity contribution is 0.177. The second-order valence-electron chi connectivity index (χ2n) is 7.07. The van der Waals surface area contributed by atoms with Crippen molar-refractivity contribution >= 4 is 0 Å². The molecule has 1 aliphatic rings. The number of hydrogen-bond acceptors (Lipinski definition) is 2. The summed E-state index contributed by atoms with van der Waals surface area (Å²) in [5.41, 5.74) is 1.32. The lowest BCUT2D eigenvalue weighted by Crippen LogP contribution is -2.35. The Kier molecular flexibility index (Phi) is 5.82. The van der Waals surface area contributed by atoms with Crippen molar-refractivity contribution in [1.82, 2.24) is 4.90 Å². The summed E-state index contributed by atoms with van der Waals surface area (Å²) in [4.78, 5) is 2.58. The molecule has 1 aliphatic heterocycles. The number of rotatable bonds is 6. The molecule has 1 aromatic rings. The van der Waals surface area contributed by atoms with Gasteiger partial charge in [0.2, 0.25) is 0 Å². The zero-order valence-electron chi connectivity index (χ0n) is 13.5. The van der Waals surface area contributed by atoms with E-state index in [1.54, 1.807) is 0 Å². The average Bonchev–Trinajstić information content (AvgIpc) is 2.50. The summed E-state index contributed by atoms with van der Waals surface area (Å²) in [6.45, 7) is 7.69. The number of benzene rings is 1. The van der Waals surface area contributed by atoms with Crippen LogP contribution in [-0.4, -0.2) is 24.5 Å². The van der Waals surface area contributed by atoms with Crippen LogP contribution in [0, 0.1) is 22.7 Å². The normalized spacial score (nSPS) is 17.6. The first-order valence-corrected chi connectivity index (χ1v) is 8.26. The van der Waals surface area contributed by atoms with Crippen LogP contribution in [0.25, 0.3) is 0 Å². The van der Waals surface area contributed by atoms with Crippen LogP contribution in [0.4, 0.5) is 0 Å². The molecule has 114 valence electrons. The first-order valence-electron chi connectivity index (χ1n) is 8.26. The van der Waals surface area contributed by atoms with E-state index in [0.717, 1.165) is 25.3 Å². The Morgan fingerprint density at radius 2 is 1.86 bits per heavy atom. The molecule has 21 heavy (non-hydrogen) atoms. The first kappa shape index (κ1) is 16.0. The summed E-state index contributed by atoms with van der Waals surface area (Å²) >= 11 is 0. The molecule has 1 fully saturated rings. The van der Waals surface area contributed by atoms with Crippen LogP contribution < -0.4 is 0 Å².